The van der Waals surface area contributed by atoms with Crippen molar-refractivity contribution in [2.24, 2.45) is 4.99 Å². The maximum Gasteiger partial charge on any atom is 0.169 e. The fourth-order valence-electron chi connectivity index (χ4n) is 3.71. The fourth-order valence-corrected chi connectivity index (χ4v) is 9.10. The Labute approximate surface area is 175 Å². The van der Waals surface area contributed by atoms with Crippen molar-refractivity contribution in [3.63, 3.8) is 0 Å². The van der Waals surface area contributed by atoms with E-state index in [9.17, 15) is 0 Å². The number of aryl methyl sites for hydroxylation is 1. The Morgan fingerprint density at radius 2 is 1.82 bits per heavy atom. The summed E-state index contributed by atoms with van der Waals surface area (Å²) in [6, 6.07) is 14.4. The van der Waals surface area contributed by atoms with E-state index in [2.05, 4.69) is 66.8 Å². The van der Waals surface area contributed by atoms with Crippen LogP contribution in [-0.4, -0.2) is 45.1 Å². The molecule has 0 spiro atoms. The van der Waals surface area contributed by atoms with Crippen molar-refractivity contribution < 1.29 is 0 Å². The first-order chi connectivity index (χ1) is 13.5. The van der Waals surface area contributed by atoms with Crippen molar-refractivity contribution in [1.82, 2.24) is 19.1 Å². The highest BCUT2D eigenvalue weighted by Gasteiger charge is 2.42. The first-order valence-electron chi connectivity index (χ1n) is 9.40. The number of nitrogens with zero attached hydrogens (tertiary/aromatic N) is 5. The van der Waals surface area contributed by atoms with Crippen LogP contribution in [0, 0.1) is 6.92 Å². The second-order valence-electron chi connectivity index (χ2n) is 6.62. The van der Waals surface area contributed by atoms with Crippen LogP contribution in [0.4, 0.5) is 5.82 Å². The molecule has 4 rings (SSSR count). The minimum Gasteiger partial charge on any atom is -0.315 e. The average Bonchev–Trinajstić information content (AvgIpc) is 3.34. The molecule has 1 aliphatic heterocycles. The van der Waals surface area contributed by atoms with E-state index in [1.54, 1.807) is 11.3 Å². The second kappa shape index (κ2) is 7.56. The number of aliphatic imine (C=N–C) groups is 1. The van der Waals surface area contributed by atoms with Crippen LogP contribution in [0.2, 0.25) is 0 Å². The van der Waals surface area contributed by atoms with Gasteiger partial charge in [0.15, 0.2) is 11.7 Å². The zero-order valence-electron chi connectivity index (χ0n) is 16.5. The smallest absolute Gasteiger partial charge is 0.169 e. The van der Waals surface area contributed by atoms with E-state index in [-0.39, 0.29) is 0 Å². The summed E-state index contributed by atoms with van der Waals surface area (Å²) in [5, 5.41) is 8.07. The van der Waals surface area contributed by atoms with Crippen molar-refractivity contribution in [2.75, 3.05) is 20.1 Å². The van der Waals surface area contributed by atoms with Gasteiger partial charge in [0.05, 0.1) is 21.6 Å². The minimum absolute atomic E-state index is 0.875. The van der Waals surface area contributed by atoms with Gasteiger partial charge in [-0.25, -0.2) is 9.67 Å². The zero-order chi connectivity index (χ0) is 19.9. The van der Waals surface area contributed by atoms with Crippen LogP contribution in [0.3, 0.4) is 0 Å². The zero-order valence-corrected chi connectivity index (χ0v) is 19.1. The van der Waals surface area contributed by atoms with Crippen molar-refractivity contribution in [2.45, 2.75) is 20.8 Å². The Morgan fingerprint density at radius 1 is 1.11 bits per heavy atom. The van der Waals surface area contributed by atoms with E-state index < -0.39 is 6.34 Å². The molecule has 3 heterocycles. The number of para-hydroxylation sites is 1. The summed E-state index contributed by atoms with van der Waals surface area (Å²) in [5.41, 5.74) is 1.97. The SMILES string of the molecule is CCN(CC)[P@@]1(=S)c2c(C)nn(-c3ccccc3)c2N=C(c2cccs2)N1C. The fraction of sp³-hybridized carbons (Fsp3) is 0.300. The summed E-state index contributed by atoms with van der Waals surface area (Å²) in [6.07, 6.45) is -2.25. The highest BCUT2D eigenvalue weighted by molar-refractivity contribution is 8.16. The molecule has 0 N–H and O–H groups in total. The molecule has 0 unspecified atom stereocenters. The molecule has 0 saturated carbocycles. The lowest BCUT2D eigenvalue weighted by Gasteiger charge is -2.43. The van der Waals surface area contributed by atoms with Crippen molar-refractivity contribution in [3.8, 4) is 5.69 Å². The highest BCUT2D eigenvalue weighted by Crippen LogP contribution is 2.57. The molecule has 1 aromatic carbocycles. The summed E-state index contributed by atoms with van der Waals surface area (Å²) < 4.78 is 6.61. The number of benzene rings is 1. The van der Waals surface area contributed by atoms with E-state index in [4.69, 9.17) is 21.9 Å². The van der Waals surface area contributed by atoms with Gasteiger partial charge >= 0.3 is 0 Å². The number of hydrogen-bond donors (Lipinski definition) is 0. The third-order valence-corrected chi connectivity index (χ3v) is 11.4. The Hall–Kier alpha value is -1.79. The monoisotopic (exact) mass is 429 g/mol. The van der Waals surface area contributed by atoms with Gasteiger partial charge in [-0.05, 0) is 30.5 Å². The molecule has 8 heteroatoms. The molecule has 1 aliphatic rings. The number of thiophene rings is 1. The normalized spacial score (nSPS) is 19.0. The van der Waals surface area contributed by atoms with Crippen LogP contribution in [0.25, 0.3) is 5.69 Å². The molecule has 0 amide bonds. The van der Waals surface area contributed by atoms with Gasteiger partial charge in [0.1, 0.15) is 6.34 Å². The van der Waals surface area contributed by atoms with Gasteiger partial charge in [0.25, 0.3) is 0 Å². The van der Waals surface area contributed by atoms with Crippen LogP contribution >= 0.6 is 17.7 Å². The number of fused-ring (bicyclic) bond motifs is 1. The van der Waals surface area contributed by atoms with Gasteiger partial charge < -0.3 is 4.67 Å². The van der Waals surface area contributed by atoms with Gasteiger partial charge in [0.2, 0.25) is 0 Å². The Balaban J connectivity index is 2.04. The summed E-state index contributed by atoms with van der Waals surface area (Å²) in [6.45, 7) is 8.20. The van der Waals surface area contributed by atoms with Crippen LogP contribution in [0.1, 0.15) is 24.4 Å². The maximum absolute atomic E-state index is 6.49. The topological polar surface area (TPSA) is 36.7 Å². The lowest BCUT2D eigenvalue weighted by atomic mass is 10.3. The number of hydrogen-bond acceptors (Lipinski definition) is 4. The van der Waals surface area contributed by atoms with Crippen LogP contribution in [0.15, 0.2) is 52.8 Å². The number of aromatic nitrogens is 2. The first kappa shape index (κ1) is 19.5. The molecular formula is C20H24N5PS2. The lowest BCUT2D eigenvalue weighted by Crippen LogP contribution is -2.41. The Bertz CT molecular complexity index is 1050. The minimum atomic E-state index is -2.25. The molecule has 28 heavy (non-hydrogen) atoms. The molecule has 0 bridgehead atoms. The molecule has 5 nitrogen and oxygen atoms in total. The lowest BCUT2D eigenvalue weighted by molar-refractivity contribution is 0.487. The van der Waals surface area contributed by atoms with Crippen molar-refractivity contribution >= 4 is 46.4 Å². The van der Waals surface area contributed by atoms with E-state index in [0.717, 1.165) is 46.3 Å². The van der Waals surface area contributed by atoms with E-state index in [1.165, 1.54) is 0 Å². The third kappa shape index (κ3) is 2.89. The molecule has 3 aromatic rings. The van der Waals surface area contributed by atoms with E-state index in [0.29, 0.717) is 0 Å². The van der Waals surface area contributed by atoms with Crippen LogP contribution in [0.5, 0.6) is 0 Å². The number of rotatable bonds is 5. The maximum atomic E-state index is 6.49. The average molecular weight is 430 g/mol. The summed E-state index contributed by atoms with van der Waals surface area (Å²) >= 11 is 8.18. The molecule has 0 aliphatic carbocycles. The Kier molecular flexibility index (Phi) is 5.27. The summed E-state index contributed by atoms with van der Waals surface area (Å²) in [5.74, 6) is 1.82. The third-order valence-electron chi connectivity index (χ3n) is 5.08. The standard InChI is InChI=1S/C20H24N5PS2/c1-5-24(6-2)26(27)18-15(3)22-25(16-11-8-7-9-12-16)20(18)21-19(23(26)4)17-13-10-14-28-17/h7-14H,5-6H2,1-4H3/t26-/m1/s1. The van der Waals surface area contributed by atoms with Gasteiger partial charge in [0, 0.05) is 20.1 Å². The molecule has 0 saturated heterocycles. The van der Waals surface area contributed by atoms with E-state index in [1.807, 2.05) is 22.9 Å². The van der Waals surface area contributed by atoms with Crippen molar-refractivity contribution in [3.05, 3.63) is 58.4 Å². The summed E-state index contributed by atoms with van der Waals surface area (Å²) in [4.78, 5) is 6.23. The van der Waals surface area contributed by atoms with Gasteiger partial charge in [-0.15, -0.1) is 11.3 Å². The molecule has 0 radical (unpaired) electrons. The predicted molar refractivity (Wildman–Crippen MR) is 123 cm³/mol. The van der Waals surface area contributed by atoms with Gasteiger partial charge in [-0.2, -0.15) is 5.10 Å². The number of amidine groups is 1. The van der Waals surface area contributed by atoms with Gasteiger partial charge in [-0.3, -0.25) is 4.67 Å². The quantitative estimate of drug-likeness (QED) is 0.558. The molecule has 1 atom stereocenters. The first-order valence-corrected chi connectivity index (χ1v) is 13.0. The Morgan fingerprint density at radius 3 is 2.43 bits per heavy atom. The second-order valence-corrected chi connectivity index (χ2v) is 11.8. The molecular weight excluding hydrogens is 405 g/mol. The highest BCUT2D eigenvalue weighted by atomic mass is 32.4. The molecule has 2 aromatic heterocycles. The van der Waals surface area contributed by atoms with E-state index >= 15 is 0 Å². The largest absolute Gasteiger partial charge is 0.315 e. The van der Waals surface area contributed by atoms with Crippen LogP contribution in [-0.2, 0) is 11.8 Å². The van der Waals surface area contributed by atoms with Crippen molar-refractivity contribution in [1.29, 1.82) is 0 Å². The molecule has 146 valence electrons. The molecule has 0 fully saturated rings. The van der Waals surface area contributed by atoms with Gasteiger partial charge in [-0.1, -0.05) is 49.9 Å². The summed E-state index contributed by atoms with van der Waals surface area (Å²) in [7, 11) is 2.10. The predicted octanol–water partition coefficient (Wildman–Crippen LogP) is 4.54. The van der Waals surface area contributed by atoms with Crippen LogP contribution < -0.4 is 5.30 Å².